The fourth-order valence-electron chi connectivity index (χ4n) is 1.74. The summed E-state index contributed by atoms with van der Waals surface area (Å²) < 4.78 is 0. The second kappa shape index (κ2) is 5.17. The van der Waals surface area contributed by atoms with Crippen molar-refractivity contribution in [3.63, 3.8) is 0 Å². The number of carbonyl (C=O) groups excluding carboxylic acids is 1. The number of alkyl halides is 1. The van der Waals surface area contributed by atoms with Crippen molar-refractivity contribution in [1.29, 1.82) is 0 Å². The van der Waals surface area contributed by atoms with Crippen LogP contribution in [-0.2, 0) is 4.79 Å². The SMILES string of the molecule is C=CC(=O)NC(Cl)c1c(C)[c]c(C)cc1C. The number of benzene rings is 1. The van der Waals surface area contributed by atoms with Gasteiger partial charge in [-0.2, -0.15) is 0 Å². The predicted octanol–water partition coefficient (Wildman–Crippen LogP) is 2.95. The quantitative estimate of drug-likeness (QED) is 0.488. The third-order valence-corrected chi connectivity index (χ3v) is 2.68. The van der Waals surface area contributed by atoms with Gasteiger partial charge in [-0.15, -0.1) is 0 Å². The van der Waals surface area contributed by atoms with Crippen LogP contribution in [0, 0.1) is 26.8 Å². The van der Waals surface area contributed by atoms with Gasteiger partial charge in [-0.3, -0.25) is 4.79 Å². The Balaban J connectivity index is 3.03. The molecular weight excluding hydrogens is 222 g/mol. The molecule has 85 valence electrons. The Labute approximate surface area is 101 Å². The van der Waals surface area contributed by atoms with Gasteiger partial charge in [-0.1, -0.05) is 24.2 Å². The summed E-state index contributed by atoms with van der Waals surface area (Å²) in [6.45, 7) is 9.28. The van der Waals surface area contributed by atoms with E-state index in [1.807, 2.05) is 26.8 Å². The predicted molar refractivity (Wildman–Crippen MR) is 66.4 cm³/mol. The Morgan fingerprint density at radius 2 is 2.19 bits per heavy atom. The van der Waals surface area contributed by atoms with Gasteiger partial charge in [0.2, 0.25) is 5.91 Å². The molecule has 0 heterocycles. The summed E-state index contributed by atoms with van der Waals surface area (Å²) >= 11 is 6.14. The Morgan fingerprint density at radius 3 is 2.69 bits per heavy atom. The second-order valence-electron chi connectivity index (χ2n) is 3.75. The molecule has 3 heteroatoms. The minimum absolute atomic E-state index is 0.278. The third-order valence-electron chi connectivity index (χ3n) is 2.35. The first-order chi connectivity index (χ1) is 7.45. The highest BCUT2D eigenvalue weighted by atomic mass is 35.5. The lowest BCUT2D eigenvalue weighted by molar-refractivity contribution is -0.116. The Hall–Kier alpha value is -1.28. The van der Waals surface area contributed by atoms with Crippen molar-refractivity contribution in [2.24, 2.45) is 0 Å². The highest BCUT2D eigenvalue weighted by molar-refractivity contribution is 6.22. The summed E-state index contributed by atoms with van der Waals surface area (Å²) in [6, 6.07) is 5.19. The summed E-state index contributed by atoms with van der Waals surface area (Å²) in [6.07, 6.45) is 1.21. The van der Waals surface area contributed by atoms with Crippen LogP contribution >= 0.6 is 11.6 Å². The average Bonchev–Trinajstić information content (AvgIpc) is 2.15. The number of hydrogen-bond acceptors (Lipinski definition) is 1. The molecule has 1 rings (SSSR count). The number of rotatable bonds is 3. The number of carbonyl (C=O) groups is 1. The molecule has 0 bridgehead atoms. The van der Waals surface area contributed by atoms with Crippen molar-refractivity contribution in [2.45, 2.75) is 26.3 Å². The zero-order valence-corrected chi connectivity index (χ0v) is 10.5. The van der Waals surface area contributed by atoms with Crippen LogP contribution in [0.3, 0.4) is 0 Å². The van der Waals surface area contributed by atoms with E-state index in [9.17, 15) is 4.79 Å². The van der Waals surface area contributed by atoms with Crippen LogP contribution < -0.4 is 5.32 Å². The smallest absolute Gasteiger partial charge is 0.244 e. The number of halogens is 1. The molecule has 0 fully saturated rings. The fourth-order valence-corrected chi connectivity index (χ4v) is 2.19. The van der Waals surface area contributed by atoms with Crippen LogP contribution in [0.4, 0.5) is 0 Å². The summed E-state index contributed by atoms with van der Waals surface area (Å²) in [5, 5.41) is 2.64. The molecule has 1 aromatic carbocycles. The summed E-state index contributed by atoms with van der Waals surface area (Å²) in [5.41, 5.74) is 3.45. The van der Waals surface area contributed by atoms with Crippen LogP contribution in [0.25, 0.3) is 0 Å². The molecule has 2 nitrogen and oxygen atoms in total. The average molecular weight is 237 g/mol. The maximum atomic E-state index is 11.2. The molecule has 0 saturated heterocycles. The summed E-state index contributed by atoms with van der Waals surface area (Å²) in [7, 11) is 0. The van der Waals surface area contributed by atoms with E-state index in [4.69, 9.17) is 11.6 Å². The summed E-state index contributed by atoms with van der Waals surface area (Å²) in [4.78, 5) is 11.2. The lowest BCUT2D eigenvalue weighted by Gasteiger charge is -2.16. The highest BCUT2D eigenvalue weighted by Gasteiger charge is 2.15. The fraction of sp³-hybridized carbons (Fsp3) is 0.308. The van der Waals surface area contributed by atoms with Crippen LogP contribution in [0.2, 0.25) is 0 Å². The van der Waals surface area contributed by atoms with E-state index in [2.05, 4.69) is 18.0 Å². The lowest BCUT2D eigenvalue weighted by Crippen LogP contribution is -2.24. The van der Waals surface area contributed by atoms with E-state index in [1.54, 1.807) is 0 Å². The maximum Gasteiger partial charge on any atom is 0.244 e. The van der Waals surface area contributed by atoms with Gasteiger partial charge < -0.3 is 5.32 Å². The number of amides is 1. The molecule has 0 saturated carbocycles. The van der Waals surface area contributed by atoms with E-state index in [-0.39, 0.29) is 5.91 Å². The van der Waals surface area contributed by atoms with Crippen molar-refractivity contribution in [3.8, 4) is 0 Å². The van der Waals surface area contributed by atoms with Crippen LogP contribution in [0.5, 0.6) is 0 Å². The van der Waals surface area contributed by atoms with Gasteiger partial charge in [0, 0.05) is 0 Å². The maximum absolute atomic E-state index is 11.2. The Bertz CT molecular complexity index is 403. The molecule has 1 amide bonds. The van der Waals surface area contributed by atoms with Gasteiger partial charge in [-0.05, 0) is 55.2 Å². The molecule has 16 heavy (non-hydrogen) atoms. The monoisotopic (exact) mass is 236 g/mol. The van der Waals surface area contributed by atoms with Crippen molar-refractivity contribution in [3.05, 3.63) is 47.0 Å². The molecule has 1 atom stereocenters. The topological polar surface area (TPSA) is 29.1 Å². The molecule has 0 spiro atoms. The van der Waals surface area contributed by atoms with Gasteiger partial charge >= 0.3 is 0 Å². The minimum atomic E-state index is -0.539. The zero-order valence-electron chi connectivity index (χ0n) is 9.73. The second-order valence-corrected chi connectivity index (χ2v) is 4.19. The van der Waals surface area contributed by atoms with Gasteiger partial charge in [0.05, 0.1) is 0 Å². The van der Waals surface area contributed by atoms with Crippen molar-refractivity contribution < 1.29 is 4.79 Å². The first-order valence-corrected chi connectivity index (χ1v) is 5.46. The third kappa shape index (κ3) is 2.86. The number of aryl methyl sites for hydroxylation is 3. The Morgan fingerprint density at radius 1 is 1.56 bits per heavy atom. The number of hydrogen-bond donors (Lipinski definition) is 1. The molecular formula is C13H15ClNO. The van der Waals surface area contributed by atoms with E-state index < -0.39 is 5.50 Å². The van der Waals surface area contributed by atoms with E-state index in [1.165, 1.54) is 6.08 Å². The summed E-state index contributed by atoms with van der Waals surface area (Å²) in [5.74, 6) is -0.278. The standard InChI is InChI=1S/C13H15ClNO/c1-5-11(16)15-13(14)12-9(3)6-8(2)7-10(12)4/h5-6,13H,1H2,2-4H3,(H,15,16). The van der Waals surface area contributed by atoms with Crippen LogP contribution in [0.15, 0.2) is 18.7 Å². The van der Waals surface area contributed by atoms with Gasteiger partial charge in [-0.25, -0.2) is 0 Å². The zero-order chi connectivity index (χ0) is 12.3. The van der Waals surface area contributed by atoms with Crippen molar-refractivity contribution in [2.75, 3.05) is 0 Å². The molecule has 1 unspecified atom stereocenters. The number of nitrogens with one attached hydrogen (secondary N) is 1. The largest absolute Gasteiger partial charge is 0.332 e. The van der Waals surface area contributed by atoms with Gasteiger partial charge in [0.15, 0.2) is 0 Å². The molecule has 1 aromatic rings. The molecule has 0 aliphatic carbocycles. The van der Waals surface area contributed by atoms with Crippen LogP contribution in [0.1, 0.15) is 27.8 Å². The molecule has 0 aliphatic rings. The van der Waals surface area contributed by atoms with Gasteiger partial charge in [0.25, 0.3) is 0 Å². The minimum Gasteiger partial charge on any atom is -0.332 e. The van der Waals surface area contributed by atoms with Crippen molar-refractivity contribution in [1.82, 2.24) is 5.32 Å². The first kappa shape index (κ1) is 12.8. The van der Waals surface area contributed by atoms with E-state index in [0.717, 1.165) is 22.3 Å². The highest BCUT2D eigenvalue weighted by Crippen LogP contribution is 2.25. The normalized spacial score (nSPS) is 12.0. The molecule has 1 radical (unpaired) electrons. The Kier molecular flexibility index (Phi) is 4.13. The van der Waals surface area contributed by atoms with Crippen LogP contribution in [-0.4, -0.2) is 5.91 Å². The molecule has 0 aliphatic heterocycles. The lowest BCUT2D eigenvalue weighted by atomic mass is 9.99. The molecule has 0 aromatic heterocycles. The van der Waals surface area contributed by atoms with E-state index >= 15 is 0 Å². The first-order valence-electron chi connectivity index (χ1n) is 5.02. The molecule has 1 N–H and O–H groups in total. The van der Waals surface area contributed by atoms with Crippen molar-refractivity contribution >= 4 is 17.5 Å². The van der Waals surface area contributed by atoms with E-state index in [0.29, 0.717) is 0 Å². The van der Waals surface area contributed by atoms with Gasteiger partial charge in [0.1, 0.15) is 5.50 Å².